The molecule has 1 aromatic carbocycles. The van der Waals surface area contributed by atoms with Crippen LogP contribution in [0.3, 0.4) is 0 Å². The zero-order valence-electron chi connectivity index (χ0n) is 10.9. The molecule has 2 saturated carbocycles. The van der Waals surface area contributed by atoms with Crippen molar-refractivity contribution < 1.29 is 4.74 Å². The number of rotatable bonds is 4. The van der Waals surface area contributed by atoms with Gasteiger partial charge >= 0.3 is 0 Å². The first-order valence-electron chi connectivity index (χ1n) is 7.06. The van der Waals surface area contributed by atoms with Crippen molar-refractivity contribution in [2.24, 2.45) is 17.8 Å². The van der Waals surface area contributed by atoms with Crippen molar-refractivity contribution in [1.29, 1.82) is 0 Å². The monoisotopic (exact) mass is 264 g/mol. The molecule has 98 valence electrons. The quantitative estimate of drug-likeness (QED) is 0.738. The van der Waals surface area contributed by atoms with Gasteiger partial charge in [-0.05, 0) is 54.7 Å². The van der Waals surface area contributed by atoms with Crippen molar-refractivity contribution in [3.63, 3.8) is 0 Å². The van der Waals surface area contributed by atoms with E-state index in [0.717, 1.165) is 29.9 Å². The van der Waals surface area contributed by atoms with Gasteiger partial charge in [-0.2, -0.15) is 0 Å². The molecule has 3 atom stereocenters. The van der Waals surface area contributed by atoms with Crippen LogP contribution in [0.25, 0.3) is 0 Å². The van der Waals surface area contributed by atoms with Crippen LogP contribution >= 0.6 is 11.6 Å². The lowest BCUT2D eigenvalue weighted by Crippen LogP contribution is -2.08. The number of fused-ring (bicyclic) bond motifs is 1. The maximum Gasteiger partial charge on any atom is 0.118 e. The number of methoxy groups -OCH3 is 1. The topological polar surface area (TPSA) is 9.23 Å². The summed E-state index contributed by atoms with van der Waals surface area (Å²) in [7, 11) is 1.70. The molecule has 2 fully saturated rings. The lowest BCUT2D eigenvalue weighted by atomic mass is 10.0. The minimum atomic E-state index is 0.325. The van der Waals surface area contributed by atoms with E-state index in [1.807, 2.05) is 12.1 Å². The molecule has 18 heavy (non-hydrogen) atoms. The van der Waals surface area contributed by atoms with Crippen LogP contribution in [0, 0.1) is 17.8 Å². The first-order valence-corrected chi connectivity index (χ1v) is 7.50. The number of benzene rings is 1. The number of hydrogen-bond acceptors (Lipinski definition) is 1. The minimum absolute atomic E-state index is 0.325. The Labute approximate surface area is 114 Å². The normalized spacial score (nSPS) is 31.6. The molecule has 0 spiro atoms. The number of halogens is 1. The van der Waals surface area contributed by atoms with Gasteiger partial charge in [0.25, 0.3) is 0 Å². The smallest absolute Gasteiger partial charge is 0.118 e. The first-order chi connectivity index (χ1) is 8.79. The number of hydrogen-bond donors (Lipinski definition) is 0. The van der Waals surface area contributed by atoms with Gasteiger partial charge < -0.3 is 4.74 Å². The van der Waals surface area contributed by atoms with Crippen LogP contribution in [0.1, 0.15) is 31.2 Å². The second kappa shape index (κ2) is 5.13. The molecule has 0 radical (unpaired) electrons. The van der Waals surface area contributed by atoms with E-state index in [1.165, 1.54) is 31.2 Å². The van der Waals surface area contributed by atoms with Crippen molar-refractivity contribution in [3.8, 4) is 5.75 Å². The third kappa shape index (κ3) is 2.38. The van der Waals surface area contributed by atoms with E-state index in [4.69, 9.17) is 16.3 Å². The van der Waals surface area contributed by atoms with Gasteiger partial charge in [0.15, 0.2) is 0 Å². The molecule has 0 saturated heterocycles. The second-order valence-electron chi connectivity index (χ2n) is 5.76. The van der Waals surface area contributed by atoms with Crippen LogP contribution < -0.4 is 4.74 Å². The van der Waals surface area contributed by atoms with Crippen LogP contribution in [0.5, 0.6) is 5.75 Å². The Bertz CT molecular complexity index is 388. The Balaban J connectivity index is 1.58. The highest BCUT2D eigenvalue weighted by Crippen LogP contribution is 2.58. The third-order valence-corrected chi connectivity index (χ3v) is 5.18. The molecule has 0 aromatic heterocycles. The predicted octanol–water partition coefficient (Wildman–Crippen LogP) is 4.28. The van der Waals surface area contributed by atoms with E-state index in [0.29, 0.717) is 5.38 Å². The summed E-state index contributed by atoms with van der Waals surface area (Å²) < 4.78 is 5.18. The summed E-state index contributed by atoms with van der Waals surface area (Å²) in [6, 6.07) is 8.33. The number of ether oxygens (including phenoxy) is 1. The molecule has 0 heterocycles. The summed E-state index contributed by atoms with van der Waals surface area (Å²) in [5, 5.41) is 0.325. The Morgan fingerprint density at radius 2 is 1.78 bits per heavy atom. The second-order valence-corrected chi connectivity index (χ2v) is 6.32. The Kier molecular flexibility index (Phi) is 3.52. The average Bonchev–Trinajstić information content (AvgIpc) is 3.14. The summed E-state index contributed by atoms with van der Waals surface area (Å²) >= 11 is 6.63. The SMILES string of the molecule is COc1ccc(CC(Cl)C2C3CCCCC32)cc1. The fourth-order valence-corrected chi connectivity index (χ4v) is 4.26. The third-order valence-electron chi connectivity index (χ3n) is 4.73. The molecule has 2 aliphatic carbocycles. The van der Waals surface area contributed by atoms with Gasteiger partial charge in [-0.1, -0.05) is 25.0 Å². The van der Waals surface area contributed by atoms with Crippen molar-refractivity contribution in [1.82, 2.24) is 0 Å². The number of alkyl halides is 1. The van der Waals surface area contributed by atoms with Gasteiger partial charge in [0.1, 0.15) is 5.75 Å². The molecule has 3 rings (SSSR count). The molecule has 0 N–H and O–H groups in total. The van der Waals surface area contributed by atoms with E-state index in [9.17, 15) is 0 Å². The zero-order valence-corrected chi connectivity index (χ0v) is 11.7. The van der Waals surface area contributed by atoms with Crippen molar-refractivity contribution >= 4 is 11.6 Å². The Morgan fingerprint density at radius 1 is 1.17 bits per heavy atom. The van der Waals surface area contributed by atoms with Crippen molar-refractivity contribution in [3.05, 3.63) is 29.8 Å². The van der Waals surface area contributed by atoms with E-state index >= 15 is 0 Å². The van der Waals surface area contributed by atoms with Crippen molar-refractivity contribution in [2.45, 2.75) is 37.5 Å². The van der Waals surface area contributed by atoms with E-state index < -0.39 is 0 Å². The summed E-state index contributed by atoms with van der Waals surface area (Å²) in [6.45, 7) is 0. The molecule has 0 aliphatic heterocycles. The highest BCUT2D eigenvalue weighted by Gasteiger charge is 2.53. The molecule has 2 heteroatoms. The van der Waals surface area contributed by atoms with Crippen LogP contribution in [0.2, 0.25) is 0 Å². The van der Waals surface area contributed by atoms with Crippen LogP contribution in [0.4, 0.5) is 0 Å². The molecule has 1 nitrogen and oxygen atoms in total. The largest absolute Gasteiger partial charge is 0.497 e. The summed E-state index contributed by atoms with van der Waals surface area (Å²) in [6.07, 6.45) is 6.68. The predicted molar refractivity (Wildman–Crippen MR) is 75.3 cm³/mol. The van der Waals surface area contributed by atoms with Crippen LogP contribution in [-0.2, 0) is 6.42 Å². The molecule has 2 aliphatic rings. The highest BCUT2D eigenvalue weighted by atomic mass is 35.5. The van der Waals surface area contributed by atoms with E-state index in [2.05, 4.69) is 12.1 Å². The summed E-state index contributed by atoms with van der Waals surface area (Å²) in [5.74, 6) is 3.60. The van der Waals surface area contributed by atoms with Gasteiger partial charge in [-0.25, -0.2) is 0 Å². The molecule has 3 unspecified atom stereocenters. The van der Waals surface area contributed by atoms with Gasteiger partial charge in [0, 0.05) is 5.38 Å². The zero-order chi connectivity index (χ0) is 12.5. The molecule has 0 bridgehead atoms. The lowest BCUT2D eigenvalue weighted by Gasteiger charge is -2.09. The minimum Gasteiger partial charge on any atom is -0.497 e. The summed E-state index contributed by atoms with van der Waals surface area (Å²) in [4.78, 5) is 0. The molecular formula is C16H21ClO. The van der Waals surface area contributed by atoms with Crippen molar-refractivity contribution in [2.75, 3.05) is 7.11 Å². The van der Waals surface area contributed by atoms with Gasteiger partial charge in [-0.15, -0.1) is 11.6 Å². The maximum absolute atomic E-state index is 6.63. The Morgan fingerprint density at radius 3 is 2.33 bits per heavy atom. The van der Waals surface area contributed by atoms with E-state index in [-0.39, 0.29) is 0 Å². The van der Waals surface area contributed by atoms with Crippen LogP contribution in [0.15, 0.2) is 24.3 Å². The fraction of sp³-hybridized carbons (Fsp3) is 0.625. The average molecular weight is 265 g/mol. The molecule has 0 amide bonds. The molecular weight excluding hydrogens is 244 g/mol. The first kappa shape index (κ1) is 12.3. The standard InChI is InChI=1S/C16H21ClO/c1-18-12-8-6-11(7-9-12)10-15(17)16-13-4-2-3-5-14(13)16/h6-9,13-16H,2-5,10H2,1H3. The van der Waals surface area contributed by atoms with Crippen LogP contribution in [-0.4, -0.2) is 12.5 Å². The Hall–Kier alpha value is -0.690. The lowest BCUT2D eigenvalue weighted by molar-refractivity contribution is 0.414. The van der Waals surface area contributed by atoms with Gasteiger partial charge in [0.05, 0.1) is 7.11 Å². The van der Waals surface area contributed by atoms with Gasteiger partial charge in [-0.3, -0.25) is 0 Å². The fourth-order valence-electron chi connectivity index (χ4n) is 3.71. The van der Waals surface area contributed by atoms with E-state index in [1.54, 1.807) is 7.11 Å². The van der Waals surface area contributed by atoms with Gasteiger partial charge in [0.2, 0.25) is 0 Å². The molecule has 1 aromatic rings. The maximum atomic E-state index is 6.63. The summed E-state index contributed by atoms with van der Waals surface area (Å²) in [5.41, 5.74) is 1.33. The highest BCUT2D eigenvalue weighted by molar-refractivity contribution is 6.21.